The van der Waals surface area contributed by atoms with E-state index in [4.69, 9.17) is 4.74 Å². The van der Waals surface area contributed by atoms with E-state index >= 15 is 0 Å². The minimum Gasteiger partial charge on any atom is -0.488 e. The minimum absolute atomic E-state index is 0.282. The number of aryl methyl sites for hydroxylation is 1. The Morgan fingerprint density at radius 1 is 1.39 bits per heavy atom. The van der Waals surface area contributed by atoms with Crippen molar-refractivity contribution in [3.63, 3.8) is 0 Å². The van der Waals surface area contributed by atoms with Gasteiger partial charge in [0, 0.05) is 17.8 Å². The number of thiazole rings is 1. The van der Waals surface area contributed by atoms with Gasteiger partial charge in [0.15, 0.2) is 0 Å². The van der Waals surface area contributed by atoms with Gasteiger partial charge in [0.1, 0.15) is 12.4 Å². The number of nitrogens with zero attached hydrogens (tertiary/aromatic N) is 1. The van der Waals surface area contributed by atoms with E-state index in [2.05, 4.69) is 23.3 Å². The zero-order valence-corrected chi connectivity index (χ0v) is 11.8. The van der Waals surface area contributed by atoms with Gasteiger partial charge in [-0.15, -0.1) is 11.3 Å². The average molecular weight is 262 g/mol. The van der Waals surface area contributed by atoms with E-state index in [1.165, 1.54) is 5.56 Å². The van der Waals surface area contributed by atoms with Crippen LogP contribution in [0.15, 0.2) is 30.5 Å². The Morgan fingerprint density at radius 3 is 2.83 bits per heavy atom. The second-order valence-electron chi connectivity index (χ2n) is 4.18. The fourth-order valence-electron chi connectivity index (χ4n) is 1.75. The van der Waals surface area contributed by atoms with Crippen LogP contribution in [0.2, 0.25) is 0 Å². The zero-order chi connectivity index (χ0) is 13.0. The van der Waals surface area contributed by atoms with Gasteiger partial charge < -0.3 is 10.1 Å². The van der Waals surface area contributed by atoms with Crippen molar-refractivity contribution in [2.75, 3.05) is 7.05 Å². The van der Waals surface area contributed by atoms with Crippen LogP contribution in [-0.4, -0.2) is 12.0 Å². The van der Waals surface area contributed by atoms with Crippen molar-refractivity contribution >= 4 is 11.3 Å². The lowest BCUT2D eigenvalue weighted by molar-refractivity contribution is 0.303. The Morgan fingerprint density at radius 2 is 2.17 bits per heavy atom. The monoisotopic (exact) mass is 262 g/mol. The molecule has 2 rings (SSSR count). The van der Waals surface area contributed by atoms with Gasteiger partial charge in [0.05, 0.1) is 9.88 Å². The van der Waals surface area contributed by atoms with Crippen molar-refractivity contribution in [2.24, 2.45) is 0 Å². The van der Waals surface area contributed by atoms with E-state index in [-0.39, 0.29) is 6.04 Å². The fourth-order valence-corrected chi connectivity index (χ4v) is 2.45. The molecule has 1 unspecified atom stereocenters. The molecule has 0 radical (unpaired) electrons. The molecule has 0 amide bonds. The molecule has 1 N–H and O–H groups in total. The summed E-state index contributed by atoms with van der Waals surface area (Å²) in [4.78, 5) is 5.38. The number of hydrogen-bond acceptors (Lipinski definition) is 4. The van der Waals surface area contributed by atoms with Crippen molar-refractivity contribution in [3.05, 3.63) is 45.9 Å². The summed E-state index contributed by atoms with van der Waals surface area (Å²) in [6, 6.07) is 8.42. The van der Waals surface area contributed by atoms with E-state index in [0.29, 0.717) is 6.61 Å². The van der Waals surface area contributed by atoms with Crippen LogP contribution in [0.5, 0.6) is 5.75 Å². The SMILES string of the molecule is CNC(C)c1ccccc1OCc1cnc(C)s1. The Balaban J connectivity index is 2.09. The molecule has 0 aliphatic carbocycles. The summed E-state index contributed by atoms with van der Waals surface area (Å²) in [5, 5.41) is 4.31. The van der Waals surface area contributed by atoms with Gasteiger partial charge in [-0.1, -0.05) is 18.2 Å². The molecule has 0 spiro atoms. The Hall–Kier alpha value is -1.39. The normalized spacial score (nSPS) is 12.4. The second-order valence-corrected chi connectivity index (χ2v) is 5.50. The summed E-state index contributed by atoms with van der Waals surface area (Å²) in [5.74, 6) is 0.936. The number of para-hydroxylation sites is 1. The van der Waals surface area contributed by atoms with Crippen LogP contribution in [0.3, 0.4) is 0 Å². The summed E-state index contributed by atoms with van der Waals surface area (Å²) >= 11 is 1.68. The highest BCUT2D eigenvalue weighted by Crippen LogP contribution is 2.25. The molecular weight excluding hydrogens is 244 g/mol. The van der Waals surface area contributed by atoms with Crippen molar-refractivity contribution in [2.45, 2.75) is 26.5 Å². The molecule has 0 saturated carbocycles. The highest BCUT2D eigenvalue weighted by Gasteiger charge is 2.09. The summed E-state index contributed by atoms with van der Waals surface area (Å²) in [6.45, 7) is 4.71. The Kier molecular flexibility index (Phi) is 4.33. The largest absolute Gasteiger partial charge is 0.488 e. The summed E-state index contributed by atoms with van der Waals surface area (Å²) in [7, 11) is 1.95. The van der Waals surface area contributed by atoms with Crippen molar-refractivity contribution in [1.29, 1.82) is 0 Å². The molecule has 0 aliphatic heterocycles. The molecule has 1 atom stereocenters. The maximum Gasteiger partial charge on any atom is 0.124 e. The standard InChI is InChI=1S/C14H18N2OS/c1-10(15-3)13-6-4-5-7-14(13)17-9-12-8-16-11(2)18-12/h4-8,10,15H,9H2,1-3H3. The van der Waals surface area contributed by atoms with E-state index in [0.717, 1.165) is 15.6 Å². The molecule has 1 heterocycles. The Bertz CT molecular complexity index is 510. The van der Waals surface area contributed by atoms with E-state index in [9.17, 15) is 0 Å². The maximum atomic E-state index is 5.89. The topological polar surface area (TPSA) is 34.1 Å². The number of rotatable bonds is 5. The number of nitrogens with one attached hydrogen (secondary N) is 1. The number of benzene rings is 1. The molecular formula is C14H18N2OS. The zero-order valence-electron chi connectivity index (χ0n) is 10.9. The van der Waals surface area contributed by atoms with Gasteiger partial charge in [-0.3, -0.25) is 0 Å². The second kappa shape index (κ2) is 5.98. The van der Waals surface area contributed by atoms with Crippen LogP contribution in [0.25, 0.3) is 0 Å². The molecule has 3 nitrogen and oxygen atoms in total. The molecule has 0 aliphatic rings. The third-order valence-corrected chi connectivity index (χ3v) is 3.74. The molecule has 0 saturated heterocycles. The van der Waals surface area contributed by atoms with Crippen LogP contribution >= 0.6 is 11.3 Å². The fraction of sp³-hybridized carbons (Fsp3) is 0.357. The predicted octanol–water partition coefficient (Wildman–Crippen LogP) is 3.31. The van der Waals surface area contributed by atoms with Gasteiger partial charge in [-0.05, 0) is 27.0 Å². The smallest absolute Gasteiger partial charge is 0.124 e. The lowest BCUT2D eigenvalue weighted by Gasteiger charge is -2.15. The van der Waals surface area contributed by atoms with E-state index in [1.807, 2.05) is 38.4 Å². The first-order valence-corrected chi connectivity index (χ1v) is 6.82. The van der Waals surface area contributed by atoms with Crippen molar-refractivity contribution < 1.29 is 4.74 Å². The third-order valence-electron chi connectivity index (χ3n) is 2.86. The Labute approximate surface area is 112 Å². The summed E-state index contributed by atoms with van der Waals surface area (Å²) in [6.07, 6.45) is 1.88. The van der Waals surface area contributed by atoms with Crippen molar-refractivity contribution in [1.82, 2.24) is 10.3 Å². The maximum absolute atomic E-state index is 5.89. The molecule has 4 heteroatoms. The quantitative estimate of drug-likeness (QED) is 0.897. The molecule has 1 aromatic heterocycles. The molecule has 1 aromatic carbocycles. The van der Waals surface area contributed by atoms with Crippen LogP contribution in [0, 0.1) is 6.92 Å². The third kappa shape index (κ3) is 3.09. The molecule has 0 fully saturated rings. The van der Waals surface area contributed by atoms with Gasteiger partial charge in [-0.2, -0.15) is 0 Å². The summed E-state index contributed by atoms with van der Waals surface area (Å²) in [5.41, 5.74) is 1.18. The van der Waals surface area contributed by atoms with Crippen LogP contribution in [0.4, 0.5) is 0 Å². The van der Waals surface area contributed by atoms with Crippen LogP contribution in [0.1, 0.15) is 28.4 Å². The number of hydrogen-bond donors (Lipinski definition) is 1. The molecule has 2 aromatic rings. The molecule has 18 heavy (non-hydrogen) atoms. The van der Waals surface area contributed by atoms with Crippen LogP contribution < -0.4 is 10.1 Å². The number of aromatic nitrogens is 1. The molecule has 0 bridgehead atoms. The minimum atomic E-state index is 0.282. The first-order valence-electron chi connectivity index (χ1n) is 6.01. The van der Waals surface area contributed by atoms with Gasteiger partial charge in [0.25, 0.3) is 0 Å². The first-order chi connectivity index (χ1) is 8.70. The predicted molar refractivity (Wildman–Crippen MR) is 75.1 cm³/mol. The lowest BCUT2D eigenvalue weighted by Crippen LogP contribution is -2.13. The molecule has 96 valence electrons. The first kappa shape index (κ1) is 13.1. The highest BCUT2D eigenvalue weighted by atomic mass is 32.1. The van der Waals surface area contributed by atoms with E-state index < -0.39 is 0 Å². The van der Waals surface area contributed by atoms with Gasteiger partial charge in [-0.25, -0.2) is 4.98 Å². The van der Waals surface area contributed by atoms with Gasteiger partial charge >= 0.3 is 0 Å². The van der Waals surface area contributed by atoms with E-state index in [1.54, 1.807) is 11.3 Å². The van der Waals surface area contributed by atoms with Crippen LogP contribution in [-0.2, 0) is 6.61 Å². The summed E-state index contributed by atoms with van der Waals surface area (Å²) < 4.78 is 5.89. The lowest BCUT2D eigenvalue weighted by atomic mass is 10.1. The van der Waals surface area contributed by atoms with Crippen molar-refractivity contribution in [3.8, 4) is 5.75 Å². The average Bonchev–Trinajstić information content (AvgIpc) is 2.81. The van der Waals surface area contributed by atoms with Gasteiger partial charge in [0.2, 0.25) is 0 Å². The highest BCUT2D eigenvalue weighted by molar-refractivity contribution is 7.11. The number of ether oxygens (including phenoxy) is 1.